The quantitative estimate of drug-likeness (QED) is 0.683. The molecule has 0 bridgehead atoms. The minimum Gasteiger partial charge on any atom is -0.376 e. The monoisotopic (exact) mass is 381 g/mol. The number of likely N-dealkylation sites (tertiary alicyclic amines) is 1. The molecule has 2 saturated heterocycles. The Morgan fingerprint density at radius 3 is 3.00 bits per heavy atom. The molecule has 1 unspecified atom stereocenters. The molecule has 2 aliphatic heterocycles. The minimum absolute atomic E-state index is 0.0592. The first-order valence-corrected chi connectivity index (χ1v) is 9.97. The molecule has 1 atom stereocenters. The highest BCUT2D eigenvalue weighted by Crippen LogP contribution is 2.31. The van der Waals surface area contributed by atoms with Gasteiger partial charge >= 0.3 is 0 Å². The van der Waals surface area contributed by atoms with Gasteiger partial charge in [-0.3, -0.25) is 9.78 Å². The van der Waals surface area contributed by atoms with Crippen molar-refractivity contribution < 1.29 is 14.3 Å². The standard InChI is InChI=1S/C20H19N3O3S/c24-19(23-5-4-20(12-23)13-25-6-7-26-20)17-2-1-14-9-21-10-16(18(14)22-17)15-3-8-27-11-15/h1-3,8-11H,4-7,12-13H2. The van der Waals surface area contributed by atoms with Gasteiger partial charge in [0.25, 0.3) is 5.91 Å². The van der Waals surface area contributed by atoms with Crippen LogP contribution in [0.25, 0.3) is 22.0 Å². The molecule has 1 amide bonds. The molecule has 0 aromatic carbocycles. The first kappa shape index (κ1) is 16.8. The molecule has 0 N–H and O–H groups in total. The summed E-state index contributed by atoms with van der Waals surface area (Å²) >= 11 is 1.63. The van der Waals surface area contributed by atoms with Gasteiger partial charge in [-0.1, -0.05) is 0 Å². The number of ether oxygens (including phenoxy) is 2. The van der Waals surface area contributed by atoms with E-state index in [9.17, 15) is 4.79 Å². The smallest absolute Gasteiger partial charge is 0.272 e. The van der Waals surface area contributed by atoms with E-state index in [0.29, 0.717) is 38.6 Å². The van der Waals surface area contributed by atoms with E-state index in [0.717, 1.165) is 28.5 Å². The van der Waals surface area contributed by atoms with Crippen LogP contribution >= 0.6 is 11.3 Å². The molecule has 5 heterocycles. The molecule has 0 radical (unpaired) electrons. The maximum Gasteiger partial charge on any atom is 0.272 e. The normalized spacial score (nSPS) is 22.6. The van der Waals surface area contributed by atoms with Crippen LogP contribution in [-0.2, 0) is 9.47 Å². The highest BCUT2D eigenvalue weighted by molar-refractivity contribution is 7.08. The molecule has 0 saturated carbocycles. The van der Waals surface area contributed by atoms with Crippen LogP contribution in [0.4, 0.5) is 0 Å². The van der Waals surface area contributed by atoms with Gasteiger partial charge in [0.15, 0.2) is 0 Å². The summed E-state index contributed by atoms with van der Waals surface area (Å²) in [6.07, 6.45) is 4.39. The van der Waals surface area contributed by atoms with Crippen molar-refractivity contribution in [1.82, 2.24) is 14.9 Å². The van der Waals surface area contributed by atoms with Gasteiger partial charge in [0.2, 0.25) is 0 Å². The van der Waals surface area contributed by atoms with Crippen LogP contribution in [0.1, 0.15) is 16.9 Å². The number of hydrogen-bond donors (Lipinski definition) is 0. The van der Waals surface area contributed by atoms with Gasteiger partial charge in [-0.2, -0.15) is 11.3 Å². The van der Waals surface area contributed by atoms with E-state index in [-0.39, 0.29) is 11.5 Å². The maximum atomic E-state index is 13.1. The summed E-state index contributed by atoms with van der Waals surface area (Å²) in [5.41, 5.74) is 2.93. The topological polar surface area (TPSA) is 64.6 Å². The van der Waals surface area contributed by atoms with E-state index in [1.54, 1.807) is 23.6 Å². The van der Waals surface area contributed by atoms with E-state index in [4.69, 9.17) is 14.5 Å². The van der Waals surface area contributed by atoms with Crippen molar-refractivity contribution in [3.05, 3.63) is 47.0 Å². The van der Waals surface area contributed by atoms with Crippen LogP contribution in [0.3, 0.4) is 0 Å². The van der Waals surface area contributed by atoms with Crippen molar-refractivity contribution in [1.29, 1.82) is 0 Å². The molecule has 7 heteroatoms. The molecule has 27 heavy (non-hydrogen) atoms. The zero-order valence-electron chi connectivity index (χ0n) is 14.8. The lowest BCUT2D eigenvalue weighted by Crippen LogP contribution is -2.46. The van der Waals surface area contributed by atoms with E-state index >= 15 is 0 Å². The Balaban J connectivity index is 1.47. The summed E-state index contributed by atoms with van der Waals surface area (Å²) in [6, 6.07) is 5.75. The first-order valence-electron chi connectivity index (χ1n) is 9.02. The largest absolute Gasteiger partial charge is 0.376 e. The minimum atomic E-state index is -0.351. The van der Waals surface area contributed by atoms with Gasteiger partial charge in [0, 0.05) is 29.9 Å². The van der Waals surface area contributed by atoms with E-state index < -0.39 is 0 Å². The van der Waals surface area contributed by atoms with Crippen molar-refractivity contribution >= 4 is 28.1 Å². The fraction of sp³-hybridized carbons (Fsp3) is 0.350. The number of pyridine rings is 2. The second-order valence-electron chi connectivity index (χ2n) is 7.03. The van der Waals surface area contributed by atoms with Gasteiger partial charge in [-0.05, 0) is 40.9 Å². The van der Waals surface area contributed by atoms with Crippen LogP contribution < -0.4 is 0 Å². The number of nitrogens with zero attached hydrogens (tertiary/aromatic N) is 3. The van der Waals surface area contributed by atoms with Gasteiger partial charge in [0.05, 0.1) is 31.9 Å². The summed E-state index contributed by atoms with van der Waals surface area (Å²) in [5.74, 6) is -0.0592. The zero-order chi connectivity index (χ0) is 18.3. The van der Waals surface area contributed by atoms with E-state index in [2.05, 4.69) is 10.4 Å². The highest BCUT2D eigenvalue weighted by Gasteiger charge is 2.43. The van der Waals surface area contributed by atoms with Crippen molar-refractivity contribution in [2.75, 3.05) is 32.9 Å². The molecule has 138 valence electrons. The second kappa shape index (κ2) is 6.67. The van der Waals surface area contributed by atoms with Crippen molar-refractivity contribution in [3.8, 4) is 11.1 Å². The van der Waals surface area contributed by atoms with Crippen molar-refractivity contribution in [2.45, 2.75) is 12.0 Å². The Morgan fingerprint density at radius 1 is 1.22 bits per heavy atom. The van der Waals surface area contributed by atoms with Crippen molar-refractivity contribution in [3.63, 3.8) is 0 Å². The summed E-state index contributed by atoms with van der Waals surface area (Å²) in [4.78, 5) is 23.9. The first-order chi connectivity index (χ1) is 13.2. The third-order valence-electron chi connectivity index (χ3n) is 5.25. The molecule has 3 aromatic heterocycles. The lowest BCUT2D eigenvalue weighted by Gasteiger charge is -2.33. The maximum absolute atomic E-state index is 13.1. The molecule has 2 aliphatic rings. The Bertz CT molecular complexity index is 983. The molecular formula is C20H19N3O3S. The highest BCUT2D eigenvalue weighted by atomic mass is 32.1. The number of amides is 1. The van der Waals surface area contributed by atoms with Crippen LogP contribution in [0.2, 0.25) is 0 Å². The number of aromatic nitrogens is 2. The molecule has 6 nitrogen and oxygen atoms in total. The number of rotatable bonds is 2. The van der Waals surface area contributed by atoms with Crippen LogP contribution in [-0.4, -0.2) is 59.3 Å². The fourth-order valence-electron chi connectivity index (χ4n) is 3.82. The molecule has 2 fully saturated rings. The summed E-state index contributed by atoms with van der Waals surface area (Å²) < 4.78 is 11.5. The lowest BCUT2D eigenvalue weighted by molar-refractivity contribution is -0.148. The number of carbonyl (C=O) groups excluding carboxylic acids is 1. The predicted octanol–water partition coefficient (Wildman–Crippen LogP) is 2.99. The molecule has 1 spiro atoms. The van der Waals surface area contributed by atoms with Crippen LogP contribution in [0.15, 0.2) is 41.4 Å². The van der Waals surface area contributed by atoms with Gasteiger partial charge in [-0.25, -0.2) is 4.98 Å². The van der Waals surface area contributed by atoms with Gasteiger partial charge in [0.1, 0.15) is 11.3 Å². The van der Waals surface area contributed by atoms with Gasteiger partial charge < -0.3 is 14.4 Å². The summed E-state index contributed by atoms with van der Waals surface area (Å²) in [7, 11) is 0. The zero-order valence-corrected chi connectivity index (χ0v) is 15.6. The average molecular weight is 381 g/mol. The third-order valence-corrected chi connectivity index (χ3v) is 5.94. The Labute approximate surface area is 160 Å². The molecule has 5 rings (SSSR count). The number of hydrogen-bond acceptors (Lipinski definition) is 6. The average Bonchev–Trinajstić information content (AvgIpc) is 3.38. The molecule has 3 aromatic rings. The lowest BCUT2D eigenvalue weighted by atomic mass is 10.0. The summed E-state index contributed by atoms with van der Waals surface area (Å²) in [6.45, 7) is 2.99. The van der Waals surface area contributed by atoms with Gasteiger partial charge in [-0.15, -0.1) is 0 Å². The second-order valence-corrected chi connectivity index (χ2v) is 7.81. The van der Waals surface area contributed by atoms with Crippen LogP contribution in [0, 0.1) is 0 Å². The Morgan fingerprint density at radius 2 is 2.19 bits per heavy atom. The number of carbonyl (C=O) groups is 1. The predicted molar refractivity (Wildman–Crippen MR) is 103 cm³/mol. The Kier molecular flexibility index (Phi) is 4.15. The van der Waals surface area contributed by atoms with E-state index in [1.807, 2.05) is 28.6 Å². The number of fused-ring (bicyclic) bond motifs is 1. The molecule has 0 aliphatic carbocycles. The molecular weight excluding hydrogens is 362 g/mol. The third kappa shape index (κ3) is 3.01. The number of thiophene rings is 1. The fourth-order valence-corrected chi connectivity index (χ4v) is 4.48. The van der Waals surface area contributed by atoms with E-state index in [1.165, 1.54) is 0 Å². The van der Waals surface area contributed by atoms with Crippen molar-refractivity contribution in [2.24, 2.45) is 0 Å². The summed E-state index contributed by atoms with van der Waals surface area (Å²) in [5, 5.41) is 5.02. The van der Waals surface area contributed by atoms with Crippen LogP contribution in [0.5, 0.6) is 0 Å². The SMILES string of the molecule is O=C(c1ccc2cncc(-c3ccsc3)c2n1)N1CCC2(COCCO2)C1. The Hall–Kier alpha value is -2.35.